The highest BCUT2D eigenvalue weighted by molar-refractivity contribution is 6.36. The van der Waals surface area contributed by atoms with E-state index in [1.807, 2.05) is 24.3 Å². The Kier molecular flexibility index (Phi) is 7.12. The van der Waals surface area contributed by atoms with Crippen LogP contribution in [0.4, 0.5) is 0 Å². The van der Waals surface area contributed by atoms with E-state index in [2.05, 4.69) is 10.5 Å². The van der Waals surface area contributed by atoms with E-state index in [9.17, 15) is 9.59 Å². The van der Waals surface area contributed by atoms with Crippen LogP contribution in [-0.2, 0) is 4.79 Å². The second kappa shape index (κ2) is 9.76. The molecule has 0 aromatic heterocycles. The van der Waals surface area contributed by atoms with Gasteiger partial charge in [0.25, 0.3) is 5.91 Å². The number of amides is 2. The van der Waals surface area contributed by atoms with Crippen molar-refractivity contribution >= 4 is 41.2 Å². The largest absolute Gasteiger partial charge is 0.496 e. The van der Waals surface area contributed by atoms with Crippen LogP contribution in [0.1, 0.15) is 28.8 Å². The molecule has 8 heteroatoms. The van der Waals surface area contributed by atoms with E-state index in [-0.39, 0.29) is 17.7 Å². The maximum absolute atomic E-state index is 12.7. The summed E-state index contributed by atoms with van der Waals surface area (Å²) in [7, 11) is 1.58. The monoisotopic (exact) mass is 433 g/mol. The van der Waals surface area contributed by atoms with Gasteiger partial charge in [0.2, 0.25) is 5.91 Å². The standard InChI is InChI=1S/C21H21Cl2N3O3/c1-29-19-5-3-2-4-15(19)13-24-25-20(27)14-8-10-26(11-9-14)21(28)17-7-6-16(22)12-18(17)23/h2-7,12-14H,8-11H2,1H3,(H,25,27)/b24-13-. The predicted molar refractivity (Wildman–Crippen MR) is 114 cm³/mol. The van der Waals surface area contributed by atoms with E-state index in [0.717, 1.165) is 5.56 Å². The molecule has 3 rings (SSSR count). The van der Waals surface area contributed by atoms with Gasteiger partial charge in [-0.15, -0.1) is 0 Å². The average molecular weight is 434 g/mol. The topological polar surface area (TPSA) is 71.0 Å². The van der Waals surface area contributed by atoms with Crippen molar-refractivity contribution in [1.29, 1.82) is 0 Å². The van der Waals surface area contributed by atoms with Gasteiger partial charge < -0.3 is 9.64 Å². The molecule has 29 heavy (non-hydrogen) atoms. The SMILES string of the molecule is COc1ccccc1/C=N\NC(=O)C1CCN(C(=O)c2ccc(Cl)cc2Cl)CC1. The molecule has 1 fully saturated rings. The molecule has 1 heterocycles. The van der Waals surface area contributed by atoms with Gasteiger partial charge in [-0.3, -0.25) is 9.59 Å². The number of hydrogen-bond donors (Lipinski definition) is 1. The Balaban J connectivity index is 1.53. The Hall–Kier alpha value is -2.57. The molecule has 152 valence electrons. The summed E-state index contributed by atoms with van der Waals surface area (Å²) < 4.78 is 5.25. The summed E-state index contributed by atoms with van der Waals surface area (Å²) >= 11 is 12.0. The summed E-state index contributed by atoms with van der Waals surface area (Å²) in [5, 5.41) is 4.84. The van der Waals surface area contributed by atoms with E-state index in [4.69, 9.17) is 27.9 Å². The van der Waals surface area contributed by atoms with Crippen LogP contribution < -0.4 is 10.2 Å². The van der Waals surface area contributed by atoms with Crippen molar-refractivity contribution in [1.82, 2.24) is 10.3 Å². The molecule has 0 unspecified atom stereocenters. The van der Waals surface area contributed by atoms with Gasteiger partial charge in [0, 0.05) is 29.6 Å². The van der Waals surface area contributed by atoms with Gasteiger partial charge in [-0.25, -0.2) is 5.43 Å². The predicted octanol–water partition coefficient (Wildman–Crippen LogP) is 4.00. The quantitative estimate of drug-likeness (QED) is 0.571. The van der Waals surface area contributed by atoms with Crippen LogP contribution in [0, 0.1) is 5.92 Å². The zero-order chi connectivity index (χ0) is 20.8. The minimum absolute atomic E-state index is 0.153. The summed E-state index contributed by atoms with van der Waals surface area (Å²) in [4.78, 5) is 26.8. The second-order valence-corrected chi connectivity index (χ2v) is 7.51. The average Bonchev–Trinajstić information content (AvgIpc) is 2.73. The highest BCUT2D eigenvalue weighted by atomic mass is 35.5. The molecule has 0 spiro atoms. The van der Waals surface area contributed by atoms with E-state index in [0.29, 0.717) is 47.3 Å². The number of likely N-dealkylation sites (tertiary alicyclic amines) is 1. The van der Waals surface area contributed by atoms with Crippen LogP contribution in [-0.4, -0.2) is 43.1 Å². The number of hydrogen-bond acceptors (Lipinski definition) is 4. The molecule has 2 aromatic rings. The van der Waals surface area contributed by atoms with Crippen LogP contribution in [0.15, 0.2) is 47.6 Å². The van der Waals surface area contributed by atoms with Crippen molar-refractivity contribution in [2.24, 2.45) is 11.0 Å². The summed E-state index contributed by atoms with van der Waals surface area (Å²) in [5.74, 6) is 0.167. The summed E-state index contributed by atoms with van der Waals surface area (Å²) in [6.07, 6.45) is 2.68. The molecule has 0 aliphatic carbocycles. The molecule has 0 atom stereocenters. The number of methoxy groups -OCH3 is 1. The molecule has 0 bridgehead atoms. The van der Waals surface area contributed by atoms with Crippen LogP contribution in [0.3, 0.4) is 0 Å². The molecule has 0 saturated carbocycles. The molecular weight excluding hydrogens is 413 g/mol. The molecular formula is C21H21Cl2N3O3. The number of rotatable bonds is 5. The number of para-hydroxylation sites is 1. The number of piperidine rings is 1. The van der Waals surface area contributed by atoms with Crippen molar-refractivity contribution in [3.8, 4) is 5.75 Å². The number of nitrogens with one attached hydrogen (secondary N) is 1. The number of hydrazone groups is 1. The number of nitrogens with zero attached hydrogens (tertiary/aromatic N) is 2. The molecule has 1 N–H and O–H groups in total. The zero-order valence-corrected chi connectivity index (χ0v) is 17.4. The first-order chi connectivity index (χ1) is 14.0. The van der Waals surface area contributed by atoms with Crippen LogP contribution >= 0.6 is 23.2 Å². The van der Waals surface area contributed by atoms with Crippen molar-refractivity contribution in [2.75, 3.05) is 20.2 Å². The van der Waals surface area contributed by atoms with E-state index in [1.54, 1.807) is 36.4 Å². The number of halogens is 2. The Morgan fingerprint density at radius 2 is 1.90 bits per heavy atom. The Morgan fingerprint density at radius 3 is 2.59 bits per heavy atom. The maximum atomic E-state index is 12.7. The van der Waals surface area contributed by atoms with Gasteiger partial charge in [0.1, 0.15) is 5.75 Å². The zero-order valence-electron chi connectivity index (χ0n) is 15.9. The normalized spacial score (nSPS) is 14.8. The fourth-order valence-corrected chi connectivity index (χ4v) is 3.70. The first-order valence-electron chi connectivity index (χ1n) is 9.20. The summed E-state index contributed by atoms with van der Waals surface area (Å²) in [5.41, 5.74) is 3.77. The van der Waals surface area contributed by atoms with Crippen molar-refractivity contribution in [3.63, 3.8) is 0 Å². The summed E-state index contributed by atoms with van der Waals surface area (Å²) in [6.45, 7) is 0.957. The van der Waals surface area contributed by atoms with E-state index >= 15 is 0 Å². The highest BCUT2D eigenvalue weighted by Gasteiger charge is 2.28. The van der Waals surface area contributed by atoms with Crippen molar-refractivity contribution in [2.45, 2.75) is 12.8 Å². The van der Waals surface area contributed by atoms with Gasteiger partial charge in [0.15, 0.2) is 0 Å². The van der Waals surface area contributed by atoms with Gasteiger partial charge in [-0.1, -0.05) is 35.3 Å². The minimum atomic E-state index is -0.199. The lowest BCUT2D eigenvalue weighted by Gasteiger charge is -2.31. The molecule has 2 amide bonds. The number of benzene rings is 2. The third-order valence-corrected chi connectivity index (χ3v) is 5.38. The van der Waals surface area contributed by atoms with Gasteiger partial charge in [-0.05, 0) is 43.2 Å². The third-order valence-electron chi connectivity index (χ3n) is 4.83. The lowest BCUT2D eigenvalue weighted by atomic mass is 9.95. The minimum Gasteiger partial charge on any atom is -0.496 e. The number of ether oxygens (including phenoxy) is 1. The highest BCUT2D eigenvalue weighted by Crippen LogP contribution is 2.25. The van der Waals surface area contributed by atoms with Crippen molar-refractivity contribution < 1.29 is 14.3 Å². The Labute approximate surface area is 179 Å². The van der Waals surface area contributed by atoms with Crippen LogP contribution in [0.25, 0.3) is 0 Å². The van der Waals surface area contributed by atoms with Gasteiger partial charge in [-0.2, -0.15) is 5.10 Å². The lowest BCUT2D eigenvalue weighted by Crippen LogP contribution is -2.42. The molecule has 0 radical (unpaired) electrons. The smallest absolute Gasteiger partial charge is 0.255 e. The van der Waals surface area contributed by atoms with E-state index < -0.39 is 0 Å². The molecule has 1 aliphatic heterocycles. The molecule has 2 aromatic carbocycles. The van der Waals surface area contributed by atoms with Gasteiger partial charge >= 0.3 is 0 Å². The second-order valence-electron chi connectivity index (χ2n) is 6.67. The fourth-order valence-electron chi connectivity index (χ4n) is 3.21. The Bertz CT molecular complexity index is 925. The number of carbonyl (C=O) groups is 2. The first-order valence-corrected chi connectivity index (χ1v) is 9.95. The molecule has 1 aliphatic rings. The van der Waals surface area contributed by atoms with E-state index in [1.165, 1.54) is 0 Å². The Morgan fingerprint density at radius 1 is 1.17 bits per heavy atom. The summed E-state index contributed by atoms with van der Waals surface area (Å²) in [6, 6.07) is 12.2. The first kappa shape index (κ1) is 21.1. The third kappa shape index (κ3) is 5.28. The molecule has 1 saturated heterocycles. The maximum Gasteiger partial charge on any atom is 0.255 e. The van der Waals surface area contributed by atoms with Gasteiger partial charge in [0.05, 0.1) is 23.9 Å². The molecule has 6 nitrogen and oxygen atoms in total. The lowest BCUT2D eigenvalue weighted by molar-refractivity contribution is -0.126. The van der Waals surface area contributed by atoms with Crippen LogP contribution in [0.2, 0.25) is 10.0 Å². The van der Waals surface area contributed by atoms with Crippen LogP contribution in [0.5, 0.6) is 5.75 Å². The fraction of sp³-hybridized carbons (Fsp3) is 0.286. The van der Waals surface area contributed by atoms with Crippen molar-refractivity contribution in [3.05, 3.63) is 63.6 Å². The number of carbonyl (C=O) groups excluding carboxylic acids is 2.